The lowest BCUT2D eigenvalue weighted by molar-refractivity contribution is 0.0565. The number of aromatic amines is 1. The van der Waals surface area contributed by atoms with Crippen LogP contribution in [0.5, 0.6) is 0 Å². The molecular weight excluding hydrogens is 318 g/mol. The number of hydrogen-bond acceptors (Lipinski definition) is 3. The van der Waals surface area contributed by atoms with Crippen molar-refractivity contribution in [3.8, 4) is 0 Å². The summed E-state index contributed by atoms with van der Waals surface area (Å²) >= 11 is 0. The van der Waals surface area contributed by atoms with Crippen LogP contribution in [0.25, 0.3) is 10.9 Å². The molecule has 2 atom stereocenters. The second kappa shape index (κ2) is 7.70. The predicted octanol–water partition coefficient (Wildman–Crippen LogP) is 2.22. The Morgan fingerprint density at radius 3 is 2.88 bits per heavy atom. The topological polar surface area (TPSA) is 85.4 Å². The number of pyridine rings is 1. The molecule has 6 nitrogen and oxygen atoms in total. The largest absolute Gasteiger partial charge is 0.393 e. The van der Waals surface area contributed by atoms with Crippen LogP contribution in [0.3, 0.4) is 0 Å². The highest BCUT2D eigenvalue weighted by molar-refractivity contribution is 5.82. The molecule has 3 N–H and O–H groups in total. The van der Waals surface area contributed by atoms with Crippen LogP contribution in [0.2, 0.25) is 0 Å². The average molecular weight is 343 g/mol. The Kier molecular flexibility index (Phi) is 5.38. The minimum atomic E-state index is -0.319. The number of carbonyl (C=O) groups excluding carboxylic acids is 1. The molecule has 0 unspecified atom stereocenters. The summed E-state index contributed by atoms with van der Waals surface area (Å²) in [6.07, 6.45) is 3.62. The first-order valence-corrected chi connectivity index (χ1v) is 8.82. The first-order chi connectivity index (χ1) is 12.0. The van der Waals surface area contributed by atoms with E-state index in [2.05, 4.69) is 10.3 Å². The number of fused-ring (bicyclic) bond motifs is 1. The number of hydrogen-bond donors (Lipinski definition) is 3. The molecule has 134 valence electrons. The Balaban J connectivity index is 1.63. The van der Waals surface area contributed by atoms with E-state index >= 15 is 0 Å². The molecule has 2 aromatic rings. The van der Waals surface area contributed by atoms with Gasteiger partial charge in [0.2, 0.25) is 5.56 Å². The Morgan fingerprint density at radius 2 is 2.08 bits per heavy atom. The van der Waals surface area contributed by atoms with E-state index in [-0.39, 0.29) is 23.6 Å². The van der Waals surface area contributed by atoms with Gasteiger partial charge in [0.05, 0.1) is 6.10 Å². The lowest BCUT2D eigenvalue weighted by Gasteiger charge is -2.31. The van der Waals surface area contributed by atoms with Gasteiger partial charge in [-0.05, 0) is 24.5 Å². The highest BCUT2D eigenvalue weighted by Crippen LogP contribution is 2.24. The first kappa shape index (κ1) is 17.5. The van der Waals surface area contributed by atoms with E-state index in [1.165, 1.54) is 6.07 Å². The molecule has 1 aromatic carbocycles. The van der Waals surface area contributed by atoms with E-state index in [0.29, 0.717) is 13.1 Å². The molecule has 0 saturated heterocycles. The number of carbonyl (C=O) groups is 1. The number of para-hydroxylation sites is 1. The average Bonchev–Trinajstić information content (AvgIpc) is 2.61. The van der Waals surface area contributed by atoms with Crippen molar-refractivity contribution in [3.05, 3.63) is 46.2 Å². The summed E-state index contributed by atoms with van der Waals surface area (Å²) in [6.45, 7) is 0.837. The van der Waals surface area contributed by atoms with Gasteiger partial charge in [0.15, 0.2) is 0 Å². The van der Waals surface area contributed by atoms with Crippen LogP contribution in [0.1, 0.15) is 31.2 Å². The summed E-state index contributed by atoms with van der Waals surface area (Å²) in [6, 6.07) is 8.87. The zero-order valence-electron chi connectivity index (χ0n) is 14.5. The van der Waals surface area contributed by atoms with Crippen LogP contribution >= 0.6 is 0 Å². The number of nitrogens with one attached hydrogen (secondary N) is 2. The molecule has 25 heavy (non-hydrogen) atoms. The molecule has 3 rings (SSSR count). The standard InChI is InChI=1S/C19H25N3O3/c1-22(12-13-6-2-5-9-17(13)23)19(25)20-11-14-10-18(24)21-16-8-4-3-7-15(14)16/h3-4,7-8,10,13,17,23H,2,5-6,9,11-12H2,1H3,(H,20,25)(H,21,24)/t13-,17-/m1/s1. The molecule has 1 aromatic heterocycles. The number of aliphatic hydroxyl groups excluding tert-OH is 1. The van der Waals surface area contributed by atoms with Gasteiger partial charge >= 0.3 is 6.03 Å². The van der Waals surface area contributed by atoms with Crippen LogP contribution in [-0.4, -0.2) is 40.7 Å². The van der Waals surface area contributed by atoms with Crippen LogP contribution in [-0.2, 0) is 6.54 Å². The van der Waals surface area contributed by atoms with E-state index in [1.54, 1.807) is 11.9 Å². The highest BCUT2D eigenvalue weighted by Gasteiger charge is 2.25. The van der Waals surface area contributed by atoms with E-state index in [0.717, 1.165) is 42.1 Å². The third-order valence-electron chi connectivity index (χ3n) is 4.99. The predicted molar refractivity (Wildman–Crippen MR) is 97.4 cm³/mol. The monoisotopic (exact) mass is 343 g/mol. The quantitative estimate of drug-likeness (QED) is 0.796. The van der Waals surface area contributed by atoms with Gasteiger partial charge in [0.1, 0.15) is 0 Å². The van der Waals surface area contributed by atoms with Crippen molar-refractivity contribution in [3.63, 3.8) is 0 Å². The van der Waals surface area contributed by atoms with Gasteiger partial charge in [0, 0.05) is 43.0 Å². The molecule has 2 amide bonds. The van der Waals surface area contributed by atoms with E-state index in [9.17, 15) is 14.7 Å². The summed E-state index contributed by atoms with van der Waals surface area (Å²) in [7, 11) is 1.74. The van der Waals surface area contributed by atoms with E-state index in [4.69, 9.17) is 0 Å². The maximum absolute atomic E-state index is 12.4. The first-order valence-electron chi connectivity index (χ1n) is 8.82. The molecule has 0 aliphatic heterocycles. The van der Waals surface area contributed by atoms with Gasteiger partial charge in [0.25, 0.3) is 0 Å². The lowest BCUT2D eigenvalue weighted by atomic mass is 9.86. The number of urea groups is 1. The number of nitrogens with zero attached hydrogens (tertiary/aromatic N) is 1. The van der Waals surface area contributed by atoms with Crippen LogP contribution in [0, 0.1) is 5.92 Å². The maximum Gasteiger partial charge on any atom is 0.317 e. The summed E-state index contributed by atoms with van der Waals surface area (Å²) < 4.78 is 0. The zero-order valence-corrected chi connectivity index (χ0v) is 14.5. The summed E-state index contributed by atoms with van der Waals surface area (Å²) in [5, 5.41) is 13.9. The summed E-state index contributed by atoms with van der Waals surface area (Å²) in [5.74, 6) is 0.143. The second-order valence-corrected chi connectivity index (χ2v) is 6.86. The number of aromatic nitrogens is 1. The van der Waals surface area contributed by atoms with Gasteiger partial charge in [-0.15, -0.1) is 0 Å². The Bertz CT molecular complexity index is 802. The van der Waals surface area contributed by atoms with E-state index in [1.807, 2.05) is 24.3 Å². The summed E-state index contributed by atoms with van der Waals surface area (Å²) in [5.41, 5.74) is 1.37. The van der Waals surface area contributed by atoms with Crippen molar-refractivity contribution in [2.24, 2.45) is 5.92 Å². The molecular formula is C19H25N3O3. The van der Waals surface area contributed by atoms with Crippen molar-refractivity contribution in [1.29, 1.82) is 0 Å². The third-order valence-corrected chi connectivity index (χ3v) is 4.99. The summed E-state index contributed by atoms with van der Waals surface area (Å²) in [4.78, 5) is 28.6. The normalized spacial score (nSPS) is 20.4. The molecule has 0 radical (unpaired) electrons. The van der Waals surface area contributed by atoms with Gasteiger partial charge in [-0.2, -0.15) is 0 Å². The van der Waals surface area contributed by atoms with Gasteiger partial charge in [-0.1, -0.05) is 31.0 Å². The molecule has 1 heterocycles. The van der Waals surface area contributed by atoms with Crippen molar-refractivity contribution in [1.82, 2.24) is 15.2 Å². The molecule has 1 saturated carbocycles. The van der Waals surface area contributed by atoms with Crippen LogP contribution in [0.15, 0.2) is 35.1 Å². The molecule has 6 heteroatoms. The molecule has 0 bridgehead atoms. The second-order valence-electron chi connectivity index (χ2n) is 6.86. The highest BCUT2D eigenvalue weighted by atomic mass is 16.3. The molecule has 1 aliphatic carbocycles. The Labute approximate surface area is 146 Å². The molecule has 1 aliphatic rings. The number of rotatable bonds is 4. The number of benzene rings is 1. The SMILES string of the molecule is CN(C[C@H]1CCCC[C@H]1O)C(=O)NCc1cc(=O)[nH]c2ccccc12. The Hall–Kier alpha value is -2.34. The maximum atomic E-state index is 12.4. The number of H-pyrrole nitrogens is 1. The molecule has 1 fully saturated rings. The van der Waals surface area contributed by atoms with Crippen LogP contribution < -0.4 is 10.9 Å². The fourth-order valence-corrected chi connectivity index (χ4v) is 3.56. The Morgan fingerprint density at radius 1 is 1.32 bits per heavy atom. The lowest BCUT2D eigenvalue weighted by Crippen LogP contribution is -2.42. The third kappa shape index (κ3) is 4.20. The molecule has 0 spiro atoms. The smallest absolute Gasteiger partial charge is 0.317 e. The zero-order chi connectivity index (χ0) is 17.8. The van der Waals surface area contributed by atoms with Gasteiger partial charge < -0.3 is 20.3 Å². The number of amides is 2. The van der Waals surface area contributed by atoms with Crippen LogP contribution in [0.4, 0.5) is 4.79 Å². The fraction of sp³-hybridized carbons (Fsp3) is 0.474. The van der Waals surface area contributed by atoms with Crippen molar-refractivity contribution in [2.75, 3.05) is 13.6 Å². The minimum absolute atomic E-state index is 0.143. The van der Waals surface area contributed by atoms with Gasteiger partial charge in [-0.3, -0.25) is 4.79 Å². The number of aliphatic hydroxyl groups is 1. The van der Waals surface area contributed by atoms with Crippen molar-refractivity contribution < 1.29 is 9.90 Å². The van der Waals surface area contributed by atoms with E-state index < -0.39 is 0 Å². The minimum Gasteiger partial charge on any atom is -0.393 e. The van der Waals surface area contributed by atoms with Crippen molar-refractivity contribution >= 4 is 16.9 Å². The van der Waals surface area contributed by atoms with Gasteiger partial charge in [-0.25, -0.2) is 4.79 Å². The fourth-order valence-electron chi connectivity index (χ4n) is 3.56. The van der Waals surface area contributed by atoms with Crippen molar-refractivity contribution in [2.45, 2.75) is 38.3 Å².